The number of furan rings is 1. The van der Waals surface area contributed by atoms with Crippen molar-refractivity contribution in [3.8, 4) is 5.75 Å². The molecular formula is C16H18N2O4. The predicted molar refractivity (Wildman–Crippen MR) is 81.4 cm³/mol. The molecule has 0 saturated heterocycles. The normalized spacial score (nSPS) is 10.3. The zero-order valence-electron chi connectivity index (χ0n) is 12.5. The number of carbonyl (C=O) groups excluding carboxylic acids is 2. The molecule has 0 bridgehead atoms. The second-order valence-corrected chi connectivity index (χ2v) is 4.91. The van der Waals surface area contributed by atoms with E-state index in [1.165, 1.54) is 6.26 Å². The van der Waals surface area contributed by atoms with Crippen LogP contribution in [0.4, 0.5) is 5.69 Å². The Balaban J connectivity index is 1.84. The summed E-state index contributed by atoms with van der Waals surface area (Å²) in [5, 5.41) is 4.99. The Morgan fingerprint density at radius 2 is 1.86 bits per heavy atom. The summed E-state index contributed by atoms with van der Waals surface area (Å²) in [6.45, 7) is 4.03. The van der Waals surface area contributed by atoms with Gasteiger partial charge >= 0.3 is 11.8 Å². The van der Waals surface area contributed by atoms with Gasteiger partial charge in [-0.2, -0.15) is 0 Å². The van der Waals surface area contributed by atoms with Gasteiger partial charge in [0.1, 0.15) is 11.5 Å². The summed E-state index contributed by atoms with van der Waals surface area (Å²) < 4.78 is 10.6. The molecule has 6 nitrogen and oxygen atoms in total. The molecule has 2 rings (SSSR count). The van der Waals surface area contributed by atoms with E-state index in [-0.39, 0.29) is 12.6 Å². The van der Waals surface area contributed by atoms with Crippen LogP contribution in [0.1, 0.15) is 19.6 Å². The maximum Gasteiger partial charge on any atom is 0.313 e. The number of hydrogen-bond acceptors (Lipinski definition) is 4. The van der Waals surface area contributed by atoms with Gasteiger partial charge in [0, 0.05) is 5.69 Å². The maximum atomic E-state index is 11.7. The van der Waals surface area contributed by atoms with Gasteiger partial charge in [-0.1, -0.05) is 0 Å². The van der Waals surface area contributed by atoms with Gasteiger partial charge in [0.15, 0.2) is 0 Å². The molecule has 0 radical (unpaired) electrons. The minimum atomic E-state index is -0.732. The van der Waals surface area contributed by atoms with E-state index >= 15 is 0 Å². The van der Waals surface area contributed by atoms with Crippen molar-refractivity contribution in [1.82, 2.24) is 5.32 Å². The third kappa shape index (κ3) is 4.66. The van der Waals surface area contributed by atoms with Crippen LogP contribution in [-0.2, 0) is 16.1 Å². The number of ether oxygens (including phenoxy) is 1. The van der Waals surface area contributed by atoms with Crippen molar-refractivity contribution >= 4 is 17.5 Å². The Hall–Kier alpha value is -2.76. The number of carbonyl (C=O) groups is 2. The molecular weight excluding hydrogens is 284 g/mol. The van der Waals surface area contributed by atoms with Gasteiger partial charge in [-0.05, 0) is 50.2 Å². The number of anilines is 1. The van der Waals surface area contributed by atoms with E-state index in [9.17, 15) is 9.59 Å². The summed E-state index contributed by atoms with van der Waals surface area (Å²) in [6.07, 6.45) is 1.58. The minimum absolute atomic E-state index is 0.0767. The Kier molecular flexibility index (Phi) is 5.19. The average Bonchev–Trinajstić information content (AvgIpc) is 2.99. The van der Waals surface area contributed by atoms with Crippen LogP contribution in [0.2, 0.25) is 0 Å². The summed E-state index contributed by atoms with van der Waals surface area (Å²) in [7, 11) is 0. The van der Waals surface area contributed by atoms with Crippen molar-refractivity contribution in [3.63, 3.8) is 0 Å². The highest BCUT2D eigenvalue weighted by Gasteiger charge is 2.13. The molecule has 1 heterocycles. The Morgan fingerprint density at radius 3 is 2.45 bits per heavy atom. The molecule has 0 aliphatic heterocycles. The smallest absolute Gasteiger partial charge is 0.313 e. The molecule has 1 aromatic heterocycles. The number of nitrogens with one attached hydrogen (secondary N) is 2. The average molecular weight is 302 g/mol. The first-order valence-electron chi connectivity index (χ1n) is 6.93. The molecule has 116 valence electrons. The highest BCUT2D eigenvalue weighted by Crippen LogP contribution is 2.16. The van der Waals surface area contributed by atoms with Crippen LogP contribution in [0.3, 0.4) is 0 Å². The first-order valence-corrected chi connectivity index (χ1v) is 6.93. The molecule has 2 amide bonds. The minimum Gasteiger partial charge on any atom is -0.491 e. The van der Waals surface area contributed by atoms with E-state index in [1.807, 2.05) is 13.8 Å². The Morgan fingerprint density at radius 1 is 1.14 bits per heavy atom. The lowest BCUT2D eigenvalue weighted by atomic mass is 10.3. The lowest BCUT2D eigenvalue weighted by Gasteiger charge is -2.10. The van der Waals surface area contributed by atoms with Crippen molar-refractivity contribution in [2.45, 2.75) is 26.5 Å². The number of benzene rings is 1. The molecule has 0 unspecified atom stereocenters. The molecule has 2 aromatic rings. The van der Waals surface area contributed by atoms with Gasteiger partial charge in [-0.15, -0.1) is 0 Å². The summed E-state index contributed by atoms with van der Waals surface area (Å²) in [6, 6.07) is 10.2. The molecule has 0 atom stereocenters. The van der Waals surface area contributed by atoms with E-state index in [2.05, 4.69) is 10.6 Å². The van der Waals surface area contributed by atoms with Crippen molar-refractivity contribution in [2.75, 3.05) is 5.32 Å². The van der Waals surface area contributed by atoms with Crippen molar-refractivity contribution in [3.05, 3.63) is 48.4 Å². The number of hydrogen-bond donors (Lipinski definition) is 2. The van der Waals surface area contributed by atoms with Crippen LogP contribution in [0, 0.1) is 0 Å². The topological polar surface area (TPSA) is 80.6 Å². The van der Waals surface area contributed by atoms with Crippen LogP contribution in [0.5, 0.6) is 5.75 Å². The number of amides is 2. The van der Waals surface area contributed by atoms with Crippen molar-refractivity contribution in [1.29, 1.82) is 0 Å². The van der Waals surface area contributed by atoms with Gasteiger partial charge < -0.3 is 19.8 Å². The monoisotopic (exact) mass is 302 g/mol. The van der Waals surface area contributed by atoms with E-state index in [0.29, 0.717) is 17.2 Å². The van der Waals surface area contributed by atoms with Crippen molar-refractivity contribution < 1.29 is 18.7 Å². The van der Waals surface area contributed by atoms with Crippen LogP contribution in [-0.4, -0.2) is 17.9 Å². The zero-order valence-corrected chi connectivity index (χ0v) is 12.5. The van der Waals surface area contributed by atoms with Crippen LogP contribution >= 0.6 is 0 Å². The quantitative estimate of drug-likeness (QED) is 0.831. The molecule has 22 heavy (non-hydrogen) atoms. The van der Waals surface area contributed by atoms with Crippen LogP contribution in [0.15, 0.2) is 47.1 Å². The summed E-state index contributed by atoms with van der Waals surface area (Å²) in [4.78, 5) is 23.4. The molecule has 0 saturated carbocycles. The van der Waals surface area contributed by atoms with Gasteiger partial charge in [-0.25, -0.2) is 0 Å². The molecule has 2 N–H and O–H groups in total. The highest BCUT2D eigenvalue weighted by atomic mass is 16.5. The predicted octanol–water partition coefficient (Wildman–Crippen LogP) is 2.32. The van der Waals surface area contributed by atoms with Crippen LogP contribution in [0.25, 0.3) is 0 Å². The second kappa shape index (κ2) is 7.31. The third-order valence-corrected chi connectivity index (χ3v) is 2.69. The second-order valence-electron chi connectivity index (χ2n) is 4.91. The largest absolute Gasteiger partial charge is 0.491 e. The molecule has 1 aromatic carbocycles. The lowest BCUT2D eigenvalue weighted by molar-refractivity contribution is -0.136. The lowest BCUT2D eigenvalue weighted by Crippen LogP contribution is -2.34. The molecule has 0 aliphatic rings. The fourth-order valence-corrected chi connectivity index (χ4v) is 1.74. The van der Waals surface area contributed by atoms with E-state index in [1.54, 1.807) is 36.4 Å². The fourth-order valence-electron chi connectivity index (χ4n) is 1.74. The van der Waals surface area contributed by atoms with Crippen molar-refractivity contribution in [2.24, 2.45) is 0 Å². The van der Waals surface area contributed by atoms with Gasteiger partial charge in [0.05, 0.1) is 18.9 Å². The Labute approximate surface area is 128 Å². The van der Waals surface area contributed by atoms with Gasteiger partial charge in [0.2, 0.25) is 0 Å². The maximum absolute atomic E-state index is 11.7. The Bertz CT molecular complexity index is 618. The summed E-state index contributed by atoms with van der Waals surface area (Å²) in [5.74, 6) is -0.172. The zero-order chi connectivity index (χ0) is 15.9. The highest BCUT2D eigenvalue weighted by molar-refractivity contribution is 6.39. The van der Waals surface area contributed by atoms with Gasteiger partial charge in [-0.3, -0.25) is 9.59 Å². The number of rotatable bonds is 5. The molecule has 0 spiro atoms. The first-order chi connectivity index (χ1) is 10.5. The molecule has 6 heteroatoms. The van der Waals surface area contributed by atoms with Crippen LogP contribution < -0.4 is 15.4 Å². The SMILES string of the molecule is CC(C)Oc1ccc(NC(=O)C(=O)NCc2ccco2)cc1. The fraction of sp³-hybridized carbons (Fsp3) is 0.250. The molecule has 0 aliphatic carbocycles. The van der Waals surface area contributed by atoms with E-state index in [4.69, 9.17) is 9.15 Å². The molecule has 0 fully saturated rings. The van der Waals surface area contributed by atoms with E-state index < -0.39 is 11.8 Å². The standard InChI is InChI=1S/C16H18N2O4/c1-11(2)22-13-7-5-12(6-8-13)18-16(20)15(19)17-10-14-4-3-9-21-14/h3-9,11H,10H2,1-2H3,(H,17,19)(H,18,20). The summed E-state index contributed by atoms with van der Waals surface area (Å²) >= 11 is 0. The van der Waals surface area contributed by atoms with Gasteiger partial charge in [0.25, 0.3) is 0 Å². The van der Waals surface area contributed by atoms with E-state index in [0.717, 1.165) is 0 Å². The summed E-state index contributed by atoms with van der Waals surface area (Å²) in [5.41, 5.74) is 0.522. The third-order valence-electron chi connectivity index (χ3n) is 2.69. The first kappa shape index (κ1) is 15.6.